The lowest BCUT2D eigenvalue weighted by atomic mass is 10.0. The van der Waals surface area contributed by atoms with E-state index in [2.05, 4.69) is 13.2 Å². The molecule has 19 heavy (non-hydrogen) atoms. The van der Waals surface area contributed by atoms with Crippen molar-refractivity contribution in [2.24, 2.45) is 0 Å². The van der Waals surface area contributed by atoms with Crippen molar-refractivity contribution in [2.45, 2.75) is 13.0 Å². The highest BCUT2D eigenvalue weighted by Gasteiger charge is 2.19. The molecule has 0 heterocycles. The van der Waals surface area contributed by atoms with Crippen LogP contribution in [0.3, 0.4) is 0 Å². The van der Waals surface area contributed by atoms with Crippen LogP contribution in [0.5, 0.6) is 0 Å². The maximum Gasteiger partial charge on any atom is 0.330 e. The topological polar surface area (TPSA) is 52.6 Å². The molecule has 0 aliphatic rings. The Labute approximate surface area is 112 Å². The van der Waals surface area contributed by atoms with Crippen LogP contribution < -0.4 is 0 Å². The molecule has 0 fully saturated rings. The minimum Gasteiger partial charge on any atom is -0.462 e. The summed E-state index contributed by atoms with van der Waals surface area (Å²) in [7, 11) is 0. The zero-order valence-electron chi connectivity index (χ0n) is 10.8. The summed E-state index contributed by atoms with van der Waals surface area (Å²) < 4.78 is 10.1. The highest BCUT2D eigenvalue weighted by atomic mass is 16.6. The zero-order chi connectivity index (χ0) is 14.3. The van der Waals surface area contributed by atoms with E-state index in [4.69, 9.17) is 9.47 Å². The SMILES string of the molecule is C=CC(=O)OC(COC(C)=O)c1ccccc1C=C. The molecule has 100 valence electrons. The monoisotopic (exact) mass is 260 g/mol. The Kier molecular flexibility index (Phi) is 5.54. The fraction of sp³-hybridized carbons (Fsp3) is 0.200. The molecule has 0 saturated heterocycles. The number of rotatable bonds is 6. The summed E-state index contributed by atoms with van der Waals surface area (Å²) in [4.78, 5) is 22.2. The van der Waals surface area contributed by atoms with Gasteiger partial charge in [-0.1, -0.05) is 43.5 Å². The molecule has 0 aromatic heterocycles. The van der Waals surface area contributed by atoms with Crippen LogP contribution in [0.15, 0.2) is 43.5 Å². The normalized spacial score (nSPS) is 11.2. The minimum absolute atomic E-state index is 0.0419. The largest absolute Gasteiger partial charge is 0.462 e. The summed E-state index contributed by atoms with van der Waals surface area (Å²) in [6.07, 6.45) is 2.04. The van der Waals surface area contributed by atoms with Crippen molar-refractivity contribution < 1.29 is 19.1 Å². The van der Waals surface area contributed by atoms with Crippen molar-refractivity contribution in [3.8, 4) is 0 Å². The smallest absolute Gasteiger partial charge is 0.330 e. The van der Waals surface area contributed by atoms with Crippen LogP contribution in [0.4, 0.5) is 0 Å². The minimum atomic E-state index is -0.677. The first kappa shape index (κ1) is 14.7. The van der Waals surface area contributed by atoms with Crippen LogP contribution in [0, 0.1) is 0 Å². The fourth-order valence-electron chi connectivity index (χ4n) is 1.56. The molecule has 1 aromatic carbocycles. The molecule has 1 atom stereocenters. The van der Waals surface area contributed by atoms with Crippen LogP contribution in [0.25, 0.3) is 6.08 Å². The number of carbonyl (C=O) groups excluding carboxylic acids is 2. The molecule has 0 aliphatic carbocycles. The van der Waals surface area contributed by atoms with Crippen LogP contribution in [-0.4, -0.2) is 18.5 Å². The second-order valence-corrected chi connectivity index (χ2v) is 3.77. The average molecular weight is 260 g/mol. The first-order valence-electron chi connectivity index (χ1n) is 5.76. The van der Waals surface area contributed by atoms with E-state index in [0.717, 1.165) is 17.2 Å². The summed E-state index contributed by atoms with van der Waals surface area (Å²) in [6, 6.07) is 7.29. The van der Waals surface area contributed by atoms with Crippen molar-refractivity contribution in [3.63, 3.8) is 0 Å². The van der Waals surface area contributed by atoms with Crippen molar-refractivity contribution in [2.75, 3.05) is 6.61 Å². The molecule has 0 saturated carbocycles. The summed E-state index contributed by atoms with van der Waals surface area (Å²) in [5.41, 5.74) is 1.55. The molecule has 0 N–H and O–H groups in total. The third-order valence-electron chi connectivity index (χ3n) is 2.43. The second-order valence-electron chi connectivity index (χ2n) is 3.77. The molecule has 1 rings (SSSR count). The molecule has 0 radical (unpaired) electrons. The number of benzene rings is 1. The number of carbonyl (C=O) groups is 2. The van der Waals surface area contributed by atoms with Gasteiger partial charge in [-0.2, -0.15) is 0 Å². The lowest BCUT2D eigenvalue weighted by molar-refractivity contribution is -0.154. The van der Waals surface area contributed by atoms with E-state index in [-0.39, 0.29) is 6.61 Å². The Morgan fingerprint density at radius 1 is 1.32 bits per heavy atom. The van der Waals surface area contributed by atoms with Gasteiger partial charge < -0.3 is 9.47 Å². The van der Waals surface area contributed by atoms with Crippen molar-refractivity contribution in [3.05, 3.63) is 54.6 Å². The third-order valence-corrected chi connectivity index (χ3v) is 2.43. The lowest BCUT2D eigenvalue weighted by Crippen LogP contribution is -2.17. The van der Waals surface area contributed by atoms with Crippen molar-refractivity contribution >= 4 is 18.0 Å². The molecule has 4 nitrogen and oxygen atoms in total. The summed E-state index contributed by atoms with van der Waals surface area (Å²) in [6.45, 7) is 8.30. The summed E-state index contributed by atoms with van der Waals surface area (Å²) >= 11 is 0. The van der Waals surface area contributed by atoms with E-state index in [1.165, 1.54) is 6.92 Å². The van der Waals surface area contributed by atoms with E-state index < -0.39 is 18.0 Å². The fourth-order valence-corrected chi connectivity index (χ4v) is 1.56. The van der Waals surface area contributed by atoms with Gasteiger partial charge in [0.2, 0.25) is 0 Å². The van der Waals surface area contributed by atoms with Crippen LogP contribution in [-0.2, 0) is 19.1 Å². The predicted molar refractivity (Wildman–Crippen MR) is 72.2 cm³/mol. The number of hydrogen-bond donors (Lipinski definition) is 0. The molecule has 0 spiro atoms. The molecule has 1 aromatic rings. The second kappa shape index (κ2) is 7.16. The molecule has 0 bridgehead atoms. The Hall–Kier alpha value is -2.36. The summed E-state index contributed by atoms with van der Waals surface area (Å²) in [5.74, 6) is -1.01. The quantitative estimate of drug-likeness (QED) is 0.583. The number of ether oxygens (including phenoxy) is 2. The van der Waals surface area contributed by atoms with Gasteiger partial charge in [-0.05, 0) is 5.56 Å². The van der Waals surface area contributed by atoms with E-state index >= 15 is 0 Å². The van der Waals surface area contributed by atoms with Gasteiger partial charge in [0.1, 0.15) is 6.61 Å². The lowest BCUT2D eigenvalue weighted by Gasteiger charge is -2.19. The van der Waals surface area contributed by atoms with Crippen molar-refractivity contribution in [1.29, 1.82) is 0 Å². The van der Waals surface area contributed by atoms with E-state index in [1.54, 1.807) is 12.1 Å². The van der Waals surface area contributed by atoms with Gasteiger partial charge in [-0.25, -0.2) is 4.79 Å². The van der Waals surface area contributed by atoms with Crippen LogP contribution in [0.1, 0.15) is 24.2 Å². The van der Waals surface area contributed by atoms with Gasteiger partial charge in [-0.15, -0.1) is 0 Å². The molecule has 0 aliphatic heterocycles. The van der Waals surface area contributed by atoms with Gasteiger partial charge in [0.15, 0.2) is 6.10 Å². The Morgan fingerprint density at radius 2 is 2.00 bits per heavy atom. The number of esters is 2. The van der Waals surface area contributed by atoms with Gasteiger partial charge in [0.05, 0.1) is 0 Å². The maximum absolute atomic E-state index is 11.3. The van der Waals surface area contributed by atoms with E-state index in [1.807, 2.05) is 18.2 Å². The molecule has 0 amide bonds. The van der Waals surface area contributed by atoms with Gasteiger partial charge >= 0.3 is 11.9 Å². The highest BCUT2D eigenvalue weighted by Crippen LogP contribution is 2.23. The van der Waals surface area contributed by atoms with Crippen molar-refractivity contribution in [1.82, 2.24) is 0 Å². The van der Waals surface area contributed by atoms with Gasteiger partial charge in [0.25, 0.3) is 0 Å². The Balaban J connectivity index is 2.99. The van der Waals surface area contributed by atoms with E-state index in [9.17, 15) is 9.59 Å². The molecular formula is C15H16O4. The van der Waals surface area contributed by atoms with Crippen LogP contribution in [0.2, 0.25) is 0 Å². The predicted octanol–water partition coefficient (Wildman–Crippen LogP) is 2.66. The molecule has 4 heteroatoms. The number of hydrogen-bond acceptors (Lipinski definition) is 4. The van der Waals surface area contributed by atoms with Gasteiger partial charge in [-0.3, -0.25) is 4.79 Å². The average Bonchev–Trinajstić information content (AvgIpc) is 2.42. The third kappa shape index (κ3) is 4.43. The first-order chi connectivity index (χ1) is 9.08. The Morgan fingerprint density at radius 3 is 2.58 bits per heavy atom. The zero-order valence-corrected chi connectivity index (χ0v) is 10.8. The van der Waals surface area contributed by atoms with E-state index in [0.29, 0.717) is 0 Å². The Bertz CT molecular complexity index is 491. The highest BCUT2D eigenvalue weighted by molar-refractivity contribution is 5.81. The summed E-state index contributed by atoms with van der Waals surface area (Å²) in [5, 5.41) is 0. The molecule has 1 unspecified atom stereocenters. The van der Waals surface area contributed by atoms with Gasteiger partial charge in [0, 0.05) is 18.6 Å². The first-order valence-corrected chi connectivity index (χ1v) is 5.76. The molecular weight excluding hydrogens is 244 g/mol. The standard InChI is InChI=1S/C15H16O4/c1-4-12-8-6-7-9-13(12)14(10-18-11(3)16)19-15(17)5-2/h4-9,14H,1-2,10H2,3H3. The maximum atomic E-state index is 11.3. The van der Waals surface area contributed by atoms with Crippen LogP contribution >= 0.6 is 0 Å².